The van der Waals surface area contributed by atoms with Crippen molar-refractivity contribution in [2.24, 2.45) is 5.92 Å². The van der Waals surface area contributed by atoms with E-state index in [2.05, 4.69) is 39.1 Å². The van der Waals surface area contributed by atoms with Gasteiger partial charge < -0.3 is 19.4 Å². The van der Waals surface area contributed by atoms with Crippen molar-refractivity contribution < 1.29 is 14.4 Å². The summed E-state index contributed by atoms with van der Waals surface area (Å²) in [5.41, 5.74) is 2.84. The first kappa shape index (κ1) is 24.5. The van der Waals surface area contributed by atoms with Gasteiger partial charge >= 0.3 is 0 Å². The minimum atomic E-state index is 0.0662. The van der Waals surface area contributed by atoms with Gasteiger partial charge in [-0.15, -0.1) is 0 Å². The number of hydrogen-bond donors (Lipinski definition) is 1. The van der Waals surface area contributed by atoms with Gasteiger partial charge in [0.2, 0.25) is 11.7 Å². The zero-order valence-electron chi connectivity index (χ0n) is 20.9. The standard InChI is InChI=1S/C28H35N5O3/c1-31(19-26-29-27(30-36-26)22-7-3-2-4-8-22)24-13-16-32(17-14-24)25-11-9-23(10-12-25)28(35)33-15-5-6-21(18-33)20-34/h2-4,7-12,21,24,34H,5-6,13-20H2,1H3/t21-/m0/s1. The molecule has 1 atom stereocenters. The largest absolute Gasteiger partial charge is 0.396 e. The Kier molecular flexibility index (Phi) is 7.63. The highest BCUT2D eigenvalue weighted by Gasteiger charge is 2.26. The van der Waals surface area contributed by atoms with E-state index in [1.54, 1.807) is 0 Å². The highest BCUT2D eigenvalue weighted by Crippen LogP contribution is 2.25. The van der Waals surface area contributed by atoms with Gasteiger partial charge in [0.05, 0.1) is 6.54 Å². The number of aromatic nitrogens is 2. The Hall–Kier alpha value is -3.23. The molecule has 8 heteroatoms. The summed E-state index contributed by atoms with van der Waals surface area (Å²) in [6.07, 6.45) is 4.05. The summed E-state index contributed by atoms with van der Waals surface area (Å²) in [6, 6.07) is 18.3. The lowest BCUT2D eigenvalue weighted by molar-refractivity contribution is 0.0620. The van der Waals surface area contributed by atoms with Crippen LogP contribution in [0, 0.1) is 5.92 Å². The molecule has 0 unspecified atom stereocenters. The number of nitrogens with zero attached hydrogens (tertiary/aromatic N) is 5. The third kappa shape index (κ3) is 5.60. The number of carbonyl (C=O) groups is 1. The number of amides is 1. The van der Waals surface area contributed by atoms with Crippen LogP contribution in [0.15, 0.2) is 59.1 Å². The molecule has 2 aliphatic rings. The first-order valence-electron chi connectivity index (χ1n) is 12.9. The third-order valence-corrected chi connectivity index (χ3v) is 7.52. The Morgan fingerprint density at radius 1 is 1.06 bits per heavy atom. The van der Waals surface area contributed by atoms with Gasteiger partial charge in [0.15, 0.2) is 0 Å². The fourth-order valence-corrected chi connectivity index (χ4v) is 5.33. The van der Waals surface area contributed by atoms with E-state index in [0.29, 0.717) is 30.8 Å². The second-order valence-electron chi connectivity index (χ2n) is 10.00. The number of hydrogen-bond acceptors (Lipinski definition) is 7. The van der Waals surface area contributed by atoms with E-state index in [1.165, 1.54) is 0 Å². The highest BCUT2D eigenvalue weighted by molar-refractivity contribution is 5.94. The average molecular weight is 490 g/mol. The Balaban J connectivity index is 1.12. The van der Waals surface area contributed by atoms with Gasteiger partial charge in [-0.05, 0) is 62.9 Å². The van der Waals surface area contributed by atoms with Crippen LogP contribution in [0.2, 0.25) is 0 Å². The van der Waals surface area contributed by atoms with Crippen molar-refractivity contribution in [1.29, 1.82) is 0 Å². The van der Waals surface area contributed by atoms with Crippen LogP contribution in [0.4, 0.5) is 5.69 Å². The average Bonchev–Trinajstić information content (AvgIpc) is 3.42. The van der Waals surface area contributed by atoms with Crippen molar-refractivity contribution >= 4 is 11.6 Å². The van der Waals surface area contributed by atoms with Gasteiger partial charge in [-0.2, -0.15) is 4.98 Å². The van der Waals surface area contributed by atoms with Gasteiger partial charge in [-0.3, -0.25) is 9.69 Å². The first-order valence-corrected chi connectivity index (χ1v) is 12.9. The minimum absolute atomic E-state index is 0.0662. The maximum atomic E-state index is 12.9. The van der Waals surface area contributed by atoms with Crippen LogP contribution in [0.3, 0.4) is 0 Å². The molecule has 2 saturated heterocycles. The second-order valence-corrected chi connectivity index (χ2v) is 10.00. The van der Waals surface area contributed by atoms with Crippen molar-refractivity contribution in [1.82, 2.24) is 19.9 Å². The number of aliphatic hydroxyl groups excluding tert-OH is 1. The van der Waals surface area contributed by atoms with Gasteiger partial charge in [0, 0.05) is 55.6 Å². The molecule has 190 valence electrons. The number of rotatable bonds is 7. The van der Waals surface area contributed by atoms with Gasteiger partial charge in [-0.1, -0.05) is 35.5 Å². The smallest absolute Gasteiger partial charge is 0.253 e. The predicted molar refractivity (Wildman–Crippen MR) is 139 cm³/mol. The lowest BCUT2D eigenvalue weighted by Gasteiger charge is -2.37. The summed E-state index contributed by atoms with van der Waals surface area (Å²) < 4.78 is 5.50. The van der Waals surface area contributed by atoms with E-state index < -0.39 is 0 Å². The minimum Gasteiger partial charge on any atom is -0.396 e. The Morgan fingerprint density at radius 2 is 1.81 bits per heavy atom. The molecule has 3 heterocycles. The van der Waals surface area contributed by atoms with E-state index in [1.807, 2.05) is 47.4 Å². The van der Waals surface area contributed by atoms with Gasteiger partial charge in [0.25, 0.3) is 5.91 Å². The van der Waals surface area contributed by atoms with E-state index >= 15 is 0 Å². The van der Waals surface area contributed by atoms with Crippen molar-refractivity contribution in [3.05, 3.63) is 66.1 Å². The molecule has 1 amide bonds. The maximum absolute atomic E-state index is 12.9. The Labute approximate surface area is 212 Å². The number of benzene rings is 2. The van der Waals surface area contributed by atoms with E-state index in [9.17, 15) is 9.90 Å². The van der Waals surface area contributed by atoms with Crippen LogP contribution in [-0.2, 0) is 6.54 Å². The zero-order valence-corrected chi connectivity index (χ0v) is 20.9. The van der Waals surface area contributed by atoms with Crippen molar-refractivity contribution in [3.63, 3.8) is 0 Å². The van der Waals surface area contributed by atoms with Crippen LogP contribution >= 0.6 is 0 Å². The normalized spacial score (nSPS) is 19.1. The van der Waals surface area contributed by atoms with Gasteiger partial charge in [-0.25, -0.2) is 0 Å². The van der Waals surface area contributed by atoms with Crippen molar-refractivity contribution in [2.45, 2.75) is 38.3 Å². The summed E-state index contributed by atoms with van der Waals surface area (Å²) in [5.74, 6) is 1.53. The number of piperidine rings is 2. The molecule has 3 aromatic rings. The summed E-state index contributed by atoms with van der Waals surface area (Å²) in [4.78, 5) is 24.1. The molecule has 36 heavy (non-hydrogen) atoms. The SMILES string of the molecule is CN(Cc1nc(-c2ccccc2)no1)C1CCN(c2ccc(C(=O)N3CCC[C@H](CO)C3)cc2)CC1. The third-order valence-electron chi connectivity index (χ3n) is 7.52. The topological polar surface area (TPSA) is 85.9 Å². The van der Waals surface area contributed by atoms with Crippen LogP contribution in [0.1, 0.15) is 41.9 Å². The number of aliphatic hydroxyl groups is 1. The van der Waals surface area contributed by atoms with Crippen molar-refractivity contribution in [3.8, 4) is 11.4 Å². The molecular formula is C28H35N5O3. The number of anilines is 1. The van der Waals surface area contributed by atoms with E-state index in [4.69, 9.17) is 4.52 Å². The van der Waals surface area contributed by atoms with Crippen LogP contribution in [0.5, 0.6) is 0 Å². The monoisotopic (exact) mass is 489 g/mol. The molecule has 2 aromatic carbocycles. The highest BCUT2D eigenvalue weighted by atomic mass is 16.5. The van der Waals surface area contributed by atoms with Crippen molar-refractivity contribution in [2.75, 3.05) is 44.7 Å². The lowest BCUT2D eigenvalue weighted by atomic mass is 9.98. The quantitative estimate of drug-likeness (QED) is 0.542. The zero-order chi connectivity index (χ0) is 24.9. The van der Waals surface area contributed by atoms with Gasteiger partial charge in [0.1, 0.15) is 0 Å². The lowest BCUT2D eigenvalue weighted by Crippen LogP contribution is -2.43. The molecule has 2 aliphatic heterocycles. The maximum Gasteiger partial charge on any atom is 0.253 e. The molecule has 0 saturated carbocycles. The van der Waals surface area contributed by atoms with Crippen LogP contribution < -0.4 is 4.90 Å². The molecule has 1 aromatic heterocycles. The summed E-state index contributed by atoms with van der Waals surface area (Å²) in [5, 5.41) is 13.6. The van der Waals surface area contributed by atoms with E-state index in [-0.39, 0.29) is 18.4 Å². The Bertz CT molecular complexity index is 1130. The molecule has 5 rings (SSSR count). The molecule has 0 aliphatic carbocycles. The summed E-state index contributed by atoms with van der Waals surface area (Å²) >= 11 is 0. The number of carbonyl (C=O) groups excluding carboxylic acids is 1. The molecule has 0 radical (unpaired) electrons. The molecule has 0 bridgehead atoms. The van der Waals surface area contributed by atoms with E-state index in [0.717, 1.165) is 62.1 Å². The predicted octanol–water partition coefficient (Wildman–Crippen LogP) is 3.68. The molecule has 2 fully saturated rings. The molecular weight excluding hydrogens is 454 g/mol. The summed E-state index contributed by atoms with van der Waals surface area (Å²) in [7, 11) is 2.12. The fourth-order valence-electron chi connectivity index (χ4n) is 5.33. The fraction of sp³-hybridized carbons (Fsp3) is 0.464. The number of likely N-dealkylation sites (tertiary alicyclic amines) is 1. The first-order chi connectivity index (χ1) is 17.6. The second kappa shape index (κ2) is 11.2. The molecule has 0 spiro atoms. The van der Waals surface area contributed by atoms with Crippen LogP contribution in [0.25, 0.3) is 11.4 Å². The van der Waals surface area contributed by atoms with Crippen LogP contribution in [-0.4, -0.2) is 76.8 Å². The molecule has 1 N–H and O–H groups in total. The Morgan fingerprint density at radius 3 is 2.53 bits per heavy atom. The summed E-state index contributed by atoms with van der Waals surface area (Å²) in [6.45, 7) is 4.13. The molecule has 8 nitrogen and oxygen atoms in total.